The molecule has 0 unspecified atom stereocenters. The summed E-state index contributed by atoms with van der Waals surface area (Å²) < 4.78 is 11.3. The predicted octanol–water partition coefficient (Wildman–Crippen LogP) is 5.89. The smallest absolute Gasteiger partial charge is 0.264 e. The number of benzene rings is 3. The molecule has 1 aromatic heterocycles. The third kappa shape index (κ3) is 5.29. The number of hydrogen-bond acceptors (Lipinski definition) is 5. The molecule has 0 fully saturated rings. The van der Waals surface area contributed by atoms with E-state index >= 15 is 0 Å². The van der Waals surface area contributed by atoms with Crippen molar-refractivity contribution in [2.45, 2.75) is 6.92 Å². The highest BCUT2D eigenvalue weighted by molar-refractivity contribution is 7.14. The van der Waals surface area contributed by atoms with Gasteiger partial charge in [-0.05, 0) is 42.8 Å². The maximum Gasteiger partial charge on any atom is 0.264 e. The predicted molar refractivity (Wildman–Crippen MR) is 125 cm³/mol. The van der Waals surface area contributed by atoms with Crippen LogP contribution in [0.1, 0.15) is 6.92 Å². The number of nitrogens with zero attached hydrogens (tertiary/aromatic N) is 1. The molecule has 1 heterocycles. The Balaban J connectivity index is 1.37. The van der Waals surface area contributed by atoms with Crippen molar-refractivity contribution in [2.75, 3.05) is 18.5 Å². The highest BCUT2D eigenvalue weighted by Gasteiger charge is 2.11. The zero-order valence-corrected chi connectivity index (χ0v) is 17.9. The van der Waals surface area contributed by atoms with E-state index in [2.05, 4.69) is 10.3 Å². The van der Waals surface area contributed by atoms with Crippen molar-refractivity contribution < 1.29 is 14.3 Å². The largest absolute Gasteiger partial charge is 0.494 e. The normalized spacial score (nSPS) is 10.5. The van der Waals surface area contributed by atoms with Crippen molar-refractivity contribution in [2.24, 2.45) is 0 Å². The first-order chi connectivity index (χ1) is 15.2. The molecule has 6 heteroatoms. The average Bonchev–Trinajstić information content (AvgIpc) is 3.27. The van der Waals surface area contributed by atoms with Crippen molar-refractivity contribution >= 4 is 22.4 Å². The Labute approximate surface area is 185 Å². The van der Waals surface area contributed by atoms with Gasteiger partial charge in [-0.1, -0.05) is 48.5 Å². The molecule has 4 rings (SSSR count). The minimum absolute atomic E-state index is 0.0954. The fourth-order valence-electron chi connectivity index (χ4n) is 3.10. The van der Waals surface area contributed by atoms with Crippen molar-refractivity contribution in [3.63, 3.8) is 0 Å². The van der Waals surface area contributed by atoms with E-state index in [-0.39, 0.29) is 12.5 Å². The Bertz CT molecular complexity index is 1140. The van der Waals surface area contributed by atoms with Gasteiger partial charge in [0.2, 0.25) is 0 Å². The van der Waals surface area contributed by atoms with Crippen LogP contribution in [-0.2, 0) is 4.79 Å². The Morgan fingerprint density at radius 2 is 1.65 bits per heavy atom. The van der Waals surface area contributed by atoms with E-state index < -0.39 is 0 Å². The molecule has 31 heavy (non-hydrogen) atoms. The second-order valence-corrected chi connectivity index (χ2v) is 7.55. The summed E-state index contributed by atoms with van der Waals surface area (Å²) in [6.45, 7) is 2.49. The summed E-state index contributed by atoms with van der Waals surface area (Å²) in [4.78, 5) is 16.9. The van der Waals surface area contributed by atoms with Crippen LogP contribution in [0.5, 0.6) is 11.5 Å². The minimum atomic E-state index is -0.254. The molecule has 0 saturated heterocycles. The van der Waals surface area contributed by atoms with Crippen LogP contribution in [0.2, 0.25) is 0 Å². The first kappa shape index (κ1) is 20.6. The van der Waals surface area contributed by atoms with Gasteiger partial charge in [0.05, 0.1) is 12.3 Å². The number of amides is 1. The maximum atomic E-state index is 12.4. The molecule has 0 aliphatic heterocycles. The fraction of sp³-hybridized carbons (Fsp3) is 0.120. The quantitative estimate of drug-likeness (QED) is 0.378. The second kappa shape index (κ2) is 9.91. The summed E-state index contributed by atoms with van der Waals surface area (Å²) in [7, 11) is 0. The number of para-hydroxylation sites is 1. The number of anilines is 1. The molecule has 0 spiro atoms. The van der Waals surface area contributed by atoms with E-state index in [0.717, 1.165) is 28.1 Å². The van der Waals surface area contributed by atoms with Crippen LogP contribution in [0, 0.1) is 0 Å². The summed E-state index contributed by atoms with van der Waals surface area (Å²) in [5, 5.41) is 5.26. The molecule has 0 bridgehead atoms. The molecular weight excluding hydrogens is 408 g/mol. The number of thiazole rings is 1. The summed E-state index contributed by atoms with van der Waals surface area (Å²) in [6.07, 6.45) is 0. The Morgan fingerprint density at radius 3 is 2.42 bits per heavy atom. The third-order valence-electron chi connectivity index (χ3n) is 4.54. The molecule has 0 aliphatic rings. The van der Waals surface area contributed by atoms with Crippen molar-refractivity contribution in [3.05, 3.63) is 84.2 Å². The minimum Gasteiger partial charge on any atom is -0.494 e. The van der Waals surface area contributed by atoms with Gasteiger partial charge in [0.25, 0.3) is 5.91 Å². The third-order valence-corrected chi connectivity index (χ3v) is 5.30. The molecule has 5 nitrogen and oxygen atoms in total. The highest BCUT2D eigenvalue weighted by Crippen LogP contribution is 2.30. The molecule has 1 N–H and O–H groups in total. The van der Waals surface area contributed by atoms with Crippen molar-refractivity contribution in [3.8, 4) is 33.9 Å². The first-order valence-electron chi connectivity index (χ1n) is 9.99. The van der Waals surface area contributed by atoms with Crippen LogP contribution >= 0.6 is 11.3 Å². The number of rotatable bonds is 8. The monoisotopic (exact) mass is 430 g/mol. The Kier molecular flexibility index (Phi) is 6.59. The number of carbonyl (C=O) groups is 1. The van der Waals surface area contributed by atoms with Gasteiger partial charge in [-0.3, -0.25) is 10.1 Å². The van der Waals surface area contributed by atoms with Crippen LogP contribution in [0.15, 0.2) is 84.2 Å². The van der Waals surface area contributed by atoms with Crippen LogP contribution in [0.25, 0.3) is 22.4 Å². The maximum absolute atomic E-state index is 12.4. The Hall–Kier alpha value is -3.64. The van der Waals surface area contributed by atoms with Gasteiger partial charge in [-0.25, -0.2) is 4.98 Å². The molecule has 0 atom stereocenters. The van der Waals surface area contributed by atoms with Gasteiger partial charge in [0.15, 0.2) is 11.7 Å². The highest BCUT2D eigenvalue weighted by atomic mass is 32.1. The average molecular weight is 431 g/mol. The summed E-state index contributed by atoms with van der Waals surface area (Å²) in [6, 6.07) is 25.4. The van der Waals surface area contributed by atoms with E-state index in [1.165, 1.54) is 11.3 Å². The van der Waals surface area contributed by atoms with E-state index in [4.69, 9.17) is 9.47 Å². The standard InChI is InChI=1S/C25H22N2O3S/c1-2-29-20-14-12-19(13-15-20)22-17-31-25(26-22)27-24(28)16-30-23-11-7-6-10-21(23)18-8-4-3-5-9-18/h3-15,17H,2,16H2,1H3,(H,26,27,28). The number of nitrogens with one attached hydrogen (secondary N) is 1. The topological polar surface area (TPSA) is 60.5 Å². The van der Waals surface area contributed by atoms with Crippen LogP contribution in [-0.4, -0.2) is 24.1 Å². The number of ether oxygens (including phenoxy) is 2. The van der Waals surface area contributed by atoms with Crippen LogP contribution in [0.4, 0.5) is 5.13 Å². The Morgan fingerprint density at radius 1 is 0.903 bits per heavy atom. The lowest BCUT2D eigenvalue weighted by atomic mass is 10.1. The van der Waals surface area contributed by atoms with Crippen molar-refractivity contribution in [1.82, 2.24) is 4.98 Å². The number of hydrogen-bond donors (Lipinski definition) is 1. The summed E-state index contributed by atoms with van der Waals surface area (Å²) in [5.41, 5.74) is 3.76. The number of carbonyl (C=O) groups excluding carboxylic acids is 1. The lowest BCUT2D eigenvalue weighted by Gasteiger charge is -2.11. The SMILES string of the molecule is CCOc1ccc(-c2csc(NC(=O)COc3ccccc3-c3ccccc3)n2)cc1. The summed E-state index contributed by atoms with van der Waals surface area (Å²) >= 11 is 1.38. The summed E-state index contributed by atoms with van der Waals surface area (Å²) in [5.74, 6) is 1.23. The lowest BCUT2D eigenvalue weighted by molar-refractivity contribution is -0.118. The van der Waals surface area contributed by atoms with Gasteiger partial charge in [-0.2, -0.15) is 0 Å². The van der Waals surface area contributed by atoms with Gasteiger partial charge in [0, 0.05) is 16.5 Å². The zero-order valence-electron chi connectivity index (χ0n) is 17.1. The zero-order chi connectivity index (χ0) is 21.5. The molecule has 156 valence electrons. The van der Waals surface area contributed by atoms with E-state index in [1.54, 1.807) is 0 Å². The molecule has 0 radical (unpaired) electrons. The lowest BCUT2D eigenvalue weighted by Crippen LogP contribution is -2.20. The second-order valence-electron chi connectivity index (χ2n) is 6.69. The number of aromatic nitrogens is 1. The fourth-order valence-corrected chi connectivity index (χ4v) is 3.84. The molecule has 3 aromatic carbocycles. The van der Waals surface area contributed by atoms with Crippen molar-refractivity contribution in [1.29, 1.82) is 0 Å². The van der Waals surface area contributed by atoms with Gasteiger partial charge in [-0.15, -0.1) is 11.3 Å². The van der Waals surface area contributed by atoms with Crippen LogP contribution < -0.4 is 14.8 Å². The van der Waals surface area contributed by atoms with E-state index in [0.29, 0.717) is 17.5 Å². The van der Waals surface area contributed by atoms with E-state index in [9.17, 15) is 4.79 Å². The molecule has 0 aliphatic carbocycles. The van der Waals surface area contributed by atoms with Gasteiger partial charge in [0.1, 0.15) is 11.5 Å². The van der Waals surface area contributed by atoms with Gasteiger partial charge < -0.3 is 9.47 Å². The van der Waals surface area contributed by atoms with Crippen LogP contribution in [0.3, 0.4) is 0 Å². The first-order valence-corrected chi connectivity index (χ1v) is 10.9. The molecule has 0 saturated carbocycles. The molecule has 1 amide bonds. The van der Waals surface area contributed by atoms with E-state index in [1.807, 2.05) is 91.2 Å². The molecular formula is C25H22N2O3S. The molecule has 4 aromatic rings. The van der Waals surface area contributed by atoms with Gasteiger partial charge >= 0.3 is 0 Å².